The number of hydrogen-bond acceptors (Lipinski definition) is 5. The Bertz CT molecular complexity index is 1450. The first-order valence-electron chi connectivity index (χ1n) is 18.1. The van der Waals surface area contributed by atoms with Crippen molar-refractivity contribution in [3.8, 4) is 5.75 Å². The summed E-state index contributed by atoms with van der Waals surface area (Å²) >= 11 is 6.73. The summed E-state index contributed by atoms with van der Waals surface area (Å²) in [6.45, 7) is 7.07. The molecular weight excluding hydrogens is 622 g/mol. The molecule has 4 atom stereocenters. The van der Waals surface area contributed by atoms with Gasteiger partial charge < -0.3 is 20.7 Å². The Kier molecular flexibility index (Phi) is 12.5. The SMILES string of the molecule is CCCC1C(c2cc(Cl)cc(C(=O)NCC(C(N)=O)C(=NC)N3CCCCC3)c2C)C1C1CCC(N(C)Cc2cccc(OC)c2)CC1. The number of nitrogens with two attached hydrogens (primary N) is 1. The van der Waals surface area contributed by atoms with Gasteiger partial charge in [0.1, 0.15) is 17.5 Å². The Balaban J connectivity index is 1.24. The Hall–Kier alpha value is -3.10. The van der Waals surface area contributed by atoms with Gasteiger partial charge in [0.25, 0.3) is 5.91 Å². The molecule has 0 aromatic heterocycles. The number of carbonyl (C=O) groups excluding carboxylic acids is 2. The highest BCUT2D eigenvalue weighted by molar-refractivity contribution is 6.31. The maximum atomic E-state index is 13.7. The highest BCUT2D eigenvalue weighted by atomic mass is 35.5. The van der Waals surface area contributed by atoms with E-state index in [9.17, 15) is 9.59 Å². The van der Waals surface area contributed by atoms with Gasteiger partial charge in [0.2, 0.25) is 5.91 Å². The lowest BCUT2D eigenvalue weighted by Crippen LogP contribution is -2.48. The second kappa shape index (κ2) is 16.5. The van der Waals surface area contributed by atoms with Crippen molar-refractivity contribution >= 4 is 29.3 Å². The zero-order valence-electron chi connectivity index (χ0n) is 29.6. The lowest BCUT2D eigenvalue weighted by atomic mass is 9.80. The van der Waals surface area contributed by atoms with Crippen molar-refractivity contribution in [2.75, 3.05) is 40.8 Å². The minimum atomic E-state index is -0.678. The van der Waals surface area contributed by atoms with Crippen LogP contribution in [0.3, 0.4) is 0 Å². The molecule has 3 fully saturated rings. The number of primary amides is 1. The highest BCUT2D eigenvalue weighted by Crippen LogP contribution is 2.63. The van der Waals surface area contributed by atoms with Crippen molar-refractivity contribution in [3.05, 3.63) is 63.7 Å². The Morgan fingerprint density at radius 1 is 1.12 bits per heavy atom. The summed E-state index contributed by atoms with van der Waals surface area (Å²) in [6.07, 6.45) is 10.5. The van der Waals surface area contributed by atoms with Crippen LogP contribution in [-0.2, 0) is 11.3 Å². The molecule has 0 radical (unpaired) electrons. The van der Waals surface area contributed by atoms with Crippen LogP contribution in [0.4, 0.5) is 0 Å². The fourth-order valence-electron chi connectivity index (χ4n) is 8.83. The van der Waals surface area contributed by atoms with Gasteiger partial charge in [0.05, 0.1) is 7.11 Å². The van der Waals surface area contributed by atoms with E-state index in [0.717, 1.165) is 50.2 Å². The molecule has 2 aromatic carbocycles. The van der Waals surface area contributed by atoms with Crippen LogP contribution in [0.5, 0.6) is 5.75 Å². The fraction of sp³-hybridized carbons (Fsp3) is 0.615. The normalized spacial score (nSPS) is 25.1. The molecule has 3 N–H and O–H groups in total. The molecular formula is C39H56ClN5O3. The molecule has 0 spiro atoms. The molecule has 2 amide bonds. The number of carbonyl (C=O) groups is 2. The number of amides is 2. The van der Waals surface area contributed by atoms with Gasteiger partial charge in [-0.15, -0.1) is 0 Å². The van der Waals surface area contributed by atoms with Crippen molar-refractivity contribution in [1.82, 2.24) is 15.1 Å². The van der Waals surface area contributed by atoms with Crippen LogP contribution < -0.4 is 15.8 Å². The number of amidine groups is 1. The molecule has 48 heavy (non-hydrogen) atoms. The van der Waals surface area contributed by atoms with Crippen molar-refractivity contribution < 1.29 is 14.3 Å². The number of piperidine rings is 1. The average molecular weight is 678 g/mol. The van der Waals surface area contributed by atoms with Gasteiger partial charge in [-0.2, -0.15) is 0 Å². The third-order valence-corrected chi connectivity index (χ3v) is 11.6. The van der Waals surface area contributed by atoms with Gasteiger partial charge >= 0.3 is 0 Å². The van der Waals surface area contributed by atoms with Gasteiger partial charge in [-0.3, -0.25) is 19.5 Å². The van der Waals surface area contributed by atoms with E-state index in [2.05, 4.69) is 65.3 Å². The summed E-state index contributed by atoms with van der Waals surface area (Å²) in [7, 11) is 5.67. The minimum Gasteiger partial charge on any atom is -0.497 e. The number of aliphatic imine (C=N–C) groups is 1. The molecule has 4 unspecified atom stereocenters. The van der Waals surface area contributed by atoms with E-state index in [-0.39, 0.29) is 12.5 Å². The second-order valence-corrected chi connectivity index (χ2v) is 14.8. The van der Waals surface area contributed by atoms with E-state index in [4.69, 9.17) is 22.1 Å². The Morgan fingerprint density at radius 2 is 1.85 bits per heavy atom. The summed E-state index contributed by atoms with van der Waals surface area (Å²) in [6, 6.07) is 12.8. The average Bonchev–Trinajstić information content (AvgIpc) is 3.80. The molecule has 5 rings (SSSR count). The monoisotopic (exact) mass is 677 g/mol. The Labute approximate surface area is 292 Å². The maximum absolute atomic E-state index is 13.7. The third-order valence-electron chi connectivity index (χ3n) is 11.4. The Morgan fingerprint density at radius 3 is 2.50 bits per heavy atom. The zero-order valence-corrected chi connectivity index (χ0v) is 30.4. The van der Waals surface area contributed by atoms with Crippen molar-refractivity contribution in [2.45, 2.75) is 90.1 Å². The molecule has 2 aromatic rings. The quantitative estimate of drug-likeness (QED) is 0.179. The van der Waals surface area contributed by atoms with Crippen LogP contribution in [0.15, 0.2) is 41.4 Å². The standard InChI is InChI=1S/C39H56ClN5O3/c1-6-11-31-35(27-14-16-29(17-15-27)44(4)24-26-12-10-13-30(20-26)48-5)36(31)32-21-28(40)22-33(25(32)2)39(47)43-23-34(37(41)46)38(42-3)45-18-8-7-9-19-45/h10,12-13,20-22,27,29,31,34-36H,6-9,11,14-19,23-24H2,1-5H3,(H2,41,46)(H,43,47). The van der Waals surface area contributed by atoms with Crippen LogP contribution in [-0.4, -0.2) is 74.3 Å². The highest BCUT2D eigenvalue weighted by Gasteiger charge is 2.54. The maximum Gasteiger partial charge on any atom is 0.251 e. The van der Waals surface area contributed by atoms with E-state index in [1.807, 2.05) is 6.07 Å². The van der Waals surface area contributed by atoms with Crippen molar-refractivity contribution in [3.63, 3.8) is 0 Å². The zero-order chi connectivity index (χ0) is 34.4. The number of halogens is 1. The number of benzene rings is 2. The van der Waals surface area contributed by atoms with Crippen LogP contribution in [0, 0.1) is 30.6 Å². The minimum absolute atomic E-state index is 0.110. The molecule has 1 saturated heterocycles. The van der Waals surface area contributed by atoms with E-state index in [1.54, 1.807) is 20.2 Å². The molecule has 0 bridgehead atoms. The molecule has 1 aliphatic heterocycles. The summed E-state index contributed by atoms with van der Waals surface area (Å²) in [5, 5.41) is 3.60. The number of rotatable bonds is 13. The smallest absolute Gasteiger partial charge is 0.251 e. The first-order chi connectivity index (χ1) is 23.2. The topological polar surface area (TPSA) is 100 Å². The molecule has 9 heteroatoms. The van der Waals surface area contributed by atoms with Gasteiger partial charge in [-0.05, 0) is 130 Å². The predicted octanol–water partition coefficient (Wildman–Crippen LogP) is 6.82. The molecule has 262 valence electrons. The number of nitrogens with one attached hydrogen (secondary N) is 1. The molecule has 8 nitrogen and oxygen atoms in total. The first-order valence-corrected chi connectivity index (χ1v) is 18.5. The van der Waals surface area contributed by atoms with E-state index >= 15 is 0 Å². The second-order valence-electron chi connectivity index (χ2n) is 14.4. The molecule has 1 heterocycles. The van der Waals surface area contributed by atoms with Crippen LogP contribution in [0.2, 0.25) is 5.02 Å². The number of ether oxygens (including phenoxy) is 1. The van der Waals surface area contributed by atoms with Crippen LogP contribution in [0.25, 0.3) is 0 Å². The molecule has 3 aliphatic rings. The van der Waals surface area contributed by atoms with Crippen LogP contribution in [0.1, 0.15) is 97.7 Å². The number of hydrogen-bond donors (Lipinski definition) is 2. The predicted molar refractivity (Wildman–Crippen MR) is 195 cm³/mol. The summed E-state index contributed by atoms with van der Waals surface area (Å²) in [5.74, 6) is 2.53. The van der Waals surface area contributed by atoms with E-state index < -0.39 is 11.8 Å². The fourth-order valence-corrected chi connectivity index (χ4v) is 9.06. The summed E-state index contributed by atoms with van der Waals surface area (Å²) in [5.41, 5.74) is 9.92. The number of likely N-dealkylation sites (tertiary alicyclic amines) is 1. The van der Waals surface area contributed by atoms with E-state index in [1.165, 1.54) is 49.7 Å². The lowest BCUT2D eigenvalue weighted by Gasteiger charge is -2.35. The number of methoxy groups -OCH3 is 1. The van der Waals surface area contributed by atoms with Gasteiger partial charge in [-0.25, -0.2) is 0 Å². The first kappa shape index (κ1) is 36.2. The van der Waals surface area contributed by atoms with Gasteiger partial charge in [0, 0.05) is 49.9 Å². The van der Waals surface area contributed by atoms with Gasteiger partial charge in [0.15, 0.2) is 0 Å². The van der Waals surface area contributed by atoms with E-state index in [0.29, 0.717) is 46.1 Å². The lowest BCUT2D eigenvalue weighted by molar-refractivity contribution is -0.119. The molecule has 2 saturated carbocycles. The third kappa shape index (κ3) is 8.36. The summed E-state index contributed by atoms with van der Waals surface area (Å²) < 4.78 is 5.43. The van der Waals surface area contributed by atoms with Crippen molar-refractivity contribution in [1.29, 1.82) is 0 Å². The number of nitrogens with zero attached hydrogens (tertiary/aromatic N) is 3. The largest absolute Gasteiger partial charge is 0.497 e. The van der Waals surface area contributed by atoms with Gasteiger partial charge in [-0.1, -0.05) is 37.1 Å². The van der Waals surface area contributed by atoms with Crippen molar-refractivity contribution in [2.24, 2.45) is 34.4 Å². The summed E-state index contributed by atoms with van der Waals surface area (Å²) in [4.78, 5) is 35.3. The van der Waals surface area contributed by atoms with Crippen LogP contribution >= 0.6 is 11.6 Å². The molecule has 2 aliphatic carbocycles.